The number of rotatable bonds is 1. The minimum Gasteiger partial charge on any atom is -0.330 e. The van der Waals surface area contributed by atoms with Gasteiger partial charge in [-0.25, -0.2) is 0 Å². The van der Waals surface area contributed by atoms with Crippen molar-refractivity contribution >= 4 is 39.2 Å². The van der Waals surface area contributed by atoms with Crippen LogP contribution in [0.3, 0.4) is 0 Å². The van der Waals surface area contributed by atoms with Crippen LogP contribution in [0.25, 0.3) is 16.7 Å². The number of aryl methyl sites for hydroxylation is 2. The van der Waals surface area contributed by atoms with Crippen LogP contribution in [0.4, 0.5) is 0 Å². The lowest BCUT2D eigenvalue weighted by Crippen LogP contribution is -1.94. The molecule has 3 rings (SSSR count). The highest BCUT2D eigenvalue weighted by Crippen LogP contribution is 2.25. The Morgan fingerprint density at radius 1 is 1.11 bits per heavy atom. The summed E-state index contributed by atoms with van der Waals surface area (Å²) < 4.78 is 3.89. The lowest BCUT2D eigenvalue weighted by molar-refractivity contribution is 1.06. The molecule has 2 aromatic carbocycles. The van der Waals surface area contributed by atoms with Crippen molar-refractivity contribution in [2.24, 2.45) is 0 Å². The summed E-state index contributed by atoms with van der Waals surface area (Å²) in [4.78, 5) is 3.29. The quantitative estimate of drug-likeness (QED) is 0.617. The molecular weight excluding hydrogens is 320 g/mol. The van der Waals surface area contributed by atoms with E-state index in [9.17, 15) is 0 Å². The van der Waals surface area contributed by atoms with Gasteiger partial charge in [0, 0.05) is 10.2 Å². The molecule has 1 heterocycles. The number of aromatic amines is 1. The van der Waals surface area contributed by atoms with Gasteiger partial charge in [-0.1, -0.05) is 34.1 Å². The number of benzene rings is 2. The second kappa shape index (κ2) is 4.62. The van der Waals surface area contributed by atoms with Gasteiger partial charge in [0.05, 0.1) is 11.0 Å². The molecule has 0 fully saturated rings. The summed E-state index contributed by atoms with van der Waals surface area (Å²) >= 11 is 9.04. The number of halogens is 1. The molecule has 1 aromatic heterocycles. The maximum Gasteiger partial charge on any atom is 0.182 e. The number of H-pyrrole nitrogens is 1. The molecule has 0 bridgehead atoms. The van der Waals surface area contributed by atoms with E-state index in [2.05, 4.69) is 75.7 Å². The number of aromatic nitrogens is 2. The Labute approximate surface area is 125 Å². The molecule has 4 heteroatoms. The van der Waals surface area contributed by atoms with Crippen molar-refractivity contribution in [1.29, 1.82) is 0 Å². The molecule has 0 amide bonds. The SMILES string of the molecule is Cc1ccc(-n2c(=S)[nH]c3c(C)cccc32)cc1Br. The van der Waals surface area contributed by atoms with Gasteiger partial charge < -0.3 is 4.98 Å². The predicted octanol–water partition coefficient (Wildman–Crippen LogP) is 5.07. The molecule has 3 aromatic rings. The molecule has 1 N–H and O–H groups in total. The zero-order valence-electron chi connectivity index (χ0n) is 10.7. The first-order valence-electron chi connectivity index (χ1n) is 6.05. The van der Waals surface area contributed by atoms with Gasteiger partial charge in [0.15, 0.2) is 4.77 Å². The van der Waals surface area contributed by atoms with Crippen molar-refractivity contribution in [2.45, 2.75) is 13.8 Å². The Balaban J connectivity index is 2.36. The third-order valence-corrected chi connectivity index (χ3v) is 4.48. The summed E-state index contributed by atoms with van der Waals surface area (Å²) in [7, 11) is 0. The molecular formula is C15H13BrN2S. The molecule has 19 heavy (non-hydrogen) atoms. The number of hydrogen-bond acceptors (Lipinski definition) is 1. The smallest absolute Gasteiger partial charge is 0.182 e. The summed E-state index contributed by atoms with van der Waals surface area (Å²) in [6.07, 6.45) is 0. The highest BCUT2D eigenvalue weighted by atomic mass is 79.9. The number of imidazole rings is 1. The monoisotopic (exact) mass is 332 g/mol. The van der Waals surface area contributed by atoms with Crippen LogP contribution in [0, 0.1) is 18.6 Å². The highest BCUT2D eigenvalue weighted by Gasteiger charge is 2.08. The average Bonchev–Trinajstić information content (AvgIpc) is 2.71. The van der Waals surface area contributed by atoms with Crippen molar-refractivity contribution < 1.29 is 0 Å². The number of fused-ring (bicyclic) bond motifs is 1. The summed E-state index contributed by atoms with van der Waals surface area (Å²) in [5, 5.41) is 0. The van der Waals surface area contributed by atoms with Gasteiger partial charge in [-0.05, 0) is 55.4 Å². The van der Waals surface area contributed by atoms with E-state index < -0.39 is 0 Å². The molecule has 0 unspecified atom stereocenters. The van der Waals surface area contributed by atoms with E-state index in [1.54, 1.807) is 0 Å². The first-order valence-corrected chi connectivity index (χ1v) is 7.25. The van der Waals surface area contributed by atoms with E-state index in [0.29, 0.717) is 0 Å². The van der Waals surface area contributed by atoms with Crippen LogP contribution >= 0.6 is 28.1 Å². The van der Waals surface area contributed by atoms with E-state index in [-0.39, 0.29) is 0 Å². The van der Waals surface area contributed by atoms with Crippen LogP contribution in [0.1, 0.15) is 11.1 Å². The van der Waals surface area contributed by atoms with Gasteiger partial charge in [0.1, 0.15) is 0 Å². The number of para-hydroxylation sites is 1. The summed E-state index contributed by atoms with van der Waals surface area (Å²) in [6, 6.07) is 12.5. The minimum atomic E-state index is 0.722. The van der Waals surface area contributed by atoms with Gasteiger partial charge in [-0.15, -0.1) is 0 Å². The lowest BCUT2D eigenvalue weighted by atomic mass is 10.2. The van der Waals surface area contributed by atoms with Crippen LogP contribution in [-0.4, -0.2) is 9.55 Å². The topological polar surface area (TPSA) is 20.7 Å². The normalized spacial score (nSPS) is 11.1. The second-order valence-electron chi connectivity index (χ2n) is 4.67. The largest absolute Gasteiger partial charge is 0.330 e. The van der Waals surface area contributed by atoms with Crippen molar-refractivity contribution in [3.05, 3.63) is 56.8 Å². The van der Waals surface area contributed by atoms with Gasteiger partial charge in [-0.3, -0.25) is 4.57 Å². The van der Waals surface area contributed by atoms with Gasteiger partial charge >= 0.3 is 0 Å². The fourth-order valence-corrected chi connectivity index (χ4v) is 2.92. The molecule has 0 spiro atoms. The average molecular weight is 333 g/mol. The maximum absolute atomic E-state index is 5.46. The molecule has 0 atom stereocenters. The number of nitrogens with one attached hydrogen (secondary N) is 1. The van der Waals surface area contributed by atoms with E-state index in [1.165, 1.54) is 11.1 Å². The summed E-state index contributed by atoms with van der Waals surface area (Å²) in [5.74, 6) is 0. The standard InChI is InChI=1S/C15H13BrN2S/c1-9-6-7-11(8-12(9)16)18-13-5-3-4-10(2)14(13)17-15(18)19/h3-8H,1-2H3,(H,17,19). The van der Waals surface area contributed by atoms with Gasteiger partial charge in [-0.2, -0.15) is 0 Å². The van der Waals surface area contributed by atoms with Crippen molar-refractivity contribution in [1.82, 2.24) is 9.55 Å². The van der Waals surface area contributed by atoms with Crippen molar-refractivity contribution in [3.8, 4) is 5.69 Å². The Morgan fingerprint density at radius 2 is 1.89 bits per heavy atom. The first kappa shape index (κ1) is 12.6. The Morgan fingerprint density at radius 3 is 2.63 bits per heavy atom. The lowest BCUT2D eigenvalue weighted by Gasteiger charge is -2.07. The summed E-state index contributed by atoms with van der Waals surface area (Å²) in [5.41, 5.74) is 5.70. The first-order chi connectivity index (χ1) is 9.08. The van der Waals surface area contributed by atoms with E-state index in [1.807, 2.05) is 0 Å². The fourth-order valence-electron chi connectivity index (χ4n) is 2.25. The van der Waals surface area contributed by atoms with E-state index in [4.69, 9.17) is 12.2 Å². The molecule has 0 radical (unpaired) electrons. The Hall–Kier alpha value is -1.39. The molecule has 0 aliphatic rings. The molecule has 0 aliphatic carbocycles. The van der Waals surface area contributed by atoms with E-state index in [0.717, 1.165) is 26.0 Å². The molecule has 0 saturated carbocycles. The third-order valence-electron chi connectivity index (χ3n) is 3.34. The van der Waals surface area contributed by atoms with Crippen LogP contribution in [-0.2, 0) is 0 Å². The summed E-state index contributed by atoms with van der Waals surface area (Å²) in [6.45, 7) is 4.16. The zero-order valence-corrected chi connectivity index (χ0v) is 13.1. The van der Waals surface area contributed by atoms with Crippen LogP contribution in [0.5, 0.6) is 0 Å². The second-order valence-corrected chi connectivity index (χ2v) is 5.91. The molecule has 0 saturated heterocycles. The predicted molar refractivity (Wildman–Crippen MR) is 85.6 cm³/mol. The Kier molecular flexibility index (Phi) is 3.07. The number of nitrogens with zero attached hydrogens (tertiary/aromatic N) is 1. The zero-order chi connectivity index (χ0) is 13.6. The molecule has 96 valence electrons. The molecule has 2 nitrogen and oxygen atoms in total. The minimum absolute atomic E-state index is 0.722. The van der Waals surface area contributed by atoms with Crippen LogP contribution in [0.2, 0.25) is 0 Å². The van der Waals surface area contributed by atoms with Crippen LogP contribution in [0.15, 0.2) is 40.9 Å². The third kappa shape index (κ3) is 2.05. The highest BCUT2D eigenvalue weighted by molar-refractivity contribution is 9.10. The van der Waals surface area contributed by atoms with Gasteiger partial charge in [0.25, 0.3) is 0 Å². The number of hydrogen-bond donors (Lipinski definition) is 1. The Bertz CT molecular complexity index is 830. The molecule has 0 aliphatic heterocycles. The fraction of sp³-hybridized carbons (Fsp3) is 0.133. The van der Waals surface area contributed by atoms with Crippen LogP contribution < -0.4 is 0 Å². The van der Waals surface area contributed by atoms with Crippen molar-refractivity contribution in [2.75, 3.05) is 0 Å². The van der Waals surface area contributed by atoms with Gasteiger partial charge in [0.2, 0.25) is 0 Å². The van der Waals surface area contributed by atoms with E-state index >= 15 is 0 Å². The maximum atomic E-state index is 5.46. The van der Waals surface area contributed by atoms with Crippen molar-refractivity contribution in [3.63, 3.8) is 0 Å².